The van der Waals surface area contributed by atoms with Gasteiger partial charge in [0.05, 0.1) is 5.69 Å². The van der Waals surface area contributed by atoms with E-state index < -0.39 is 0 Å². The largest absolute Gasteiger partial charge is 0.308 e. The zero-order chi connectivity index (χ0) is 13.8. The molecule has 1 aromatic heterocycles. The van der Waals surface area contributed by atoms with Crippen molar-refractivity contribution in [3.8, 4) is 0 Å². The normalized spacial score (nSPS) is 18.2. The first kappa shape index (κ1) is 14.4. The lowest BCUT2D eigenvalue weighted by molar-refractivity contribution is 0.417. The summed E-state index contributed by atoms with van der Waals surface area (Å²) in [6.07, 6.45) is 4.96. The maximum atomic E-state index is 13.8. The van der Waals surface area contributed by atoms with Gasteiger partial charge in [0.1, 0.15) is 5.82 Å². The third-order valence-corrected chi connectivity index (χ3v) is 4.31. The van der Waals surface area contributed by atoms with Gasteiger partial charge >= 0.3 is 0 Å². The number of aromatic nitrogens is 1. The van der Waals surface area contributed by atoms with Crippen molar-refractivity contribution in [1.82, 2.24) is 10.3 Å². The van der Waals surface area contributed by atoms with Gasteiger partial charge in [-0.15, -0.1) is 0 Å². The Morgan fingerprint density at radius 3 is 2.58 bits per heavy atom. The Hall–Kier alpha value is -0.960. The minimum Gasteiger partial charge on any atom is -0.308 e. The summed E-state index contributed by atoms with van der Waals surface area (Å²) < 4.78 is 13.8. The molecule has 1 N–H and O–H groups in total. The van der Waals surface area contributed by atoms with Gasteiger partial charge in [0, 0.05) is 24.2 Å². The Morgan fingerprint density at radius 2 is 1.95 bits per heavy atom. The summed E-state index contributed by atoms with van der Waals surface area (Å²) in [6, 6.07) is 3.81. The van der Waals surface area contributed by atoms with Crippen LogP contribution >= 0.6 is 0 Å². The average molecular weight is 264 g/mol. The lowest BCUT2D eigenvalue weighted by atomic mass is 10.0. The Kier molecular flexibility index (Phi) is 4.92. The second-order valence-electron chi connectivity index (χ2n) is 6.06. The molecule has 0 amide bonds. The molecule has 1 aromatic rings. The lowest BCUT2D eigenvalue weighted by Gasteiger charge is -2.18. The van der Waals surface area contributed by atoms with Crippen LogP contribution in [0.3, 0.4) is 0 Å². The van der Waals surface area contributed by atoms with Gasteiger partial charge in [-0.1, -0.05) is 26.7 Å². The predicted molar refractivity (Wildman–Crippen MR) is 76.5 cm³/mol. The molecule has 1 aliphatic rings. The van der Waals surface area contributed by atoms with Crippen molar-refractivity contribution in [2.75, 3.05) is 0 Å². The molecule has 0 unspecified atom stereocenters. The first-order valence-electron chi connectivity index (χ1n) is 7.46. The number of halogens is 1. The van der Waals surface area contributed by atoms with Gasteiger partial charge in [-0.2, -0.15) is 0 Å². The average Bonchev–Trinajstić information content (AvgIpc) is 2.91. The SMILES string of the molecule is CC(C)[C@@H](C)NCc1nc(C2CCCC2)ccc1F. The summed E-state index contributed by atoms with van der Waals surface area (Å²) >= 11 is 0. The third-order valence-electron chi connectivity index (χ3n) is 4.31. The van der Waals surface area contributed by atoms with Gasteiger partial charge in [0.2, 0.25) is 0 Å². The molecule has 1 heterocycles. The number of nitrogens with zero attached hydrogens (tertiary/aromatic N) is 1. The zero-order valence-corrected chi connectivity index (χ0v) is 12.2. The van der Waals surface area contributed by atoms with E-state index in [-0.39, 0.29) is 5.82 Å². The summed E-state index contributed by atoms with van der Waals surface area (Å²) in [6.45, 7) is 6.97. The topological polar surface area (TPSA) is 24.9 Å². The standard InChI is InChI=1S/C16H25FN2/c1-11(2)12(3)18-10-16-14(17)8-9-15(19-16)13-6-4-5-7-13/h8-9,11-13,18H,4-7,10H2,1-3H3/t12-/m1/s1. The fourth-order valence-corrected chi connectivity index (χ4v) is 2.57. The minimum atomic E-state index is -0.190. The number of rotatable bonds is 5. The fourth-order valence-electron chi connectivity index (χ4n) is 2.57. The van der Waals surface area contributed by atoms with Crippen LogP contribution in [-0.4, -0.2) is 11.0 Å². The molecule has 106 valence electrons. The maximum absolute atomic E-state index is 13.8. The first-order valence-corrected chi connectivity index (χ1v) is 7.46. The predicted octanol–water partition coefficient (Wildman–Crippen LogP) is 4.01. The molecule has 2 nitrogen and oxygen atoms in total. The van der Waals surface area contributed by atoms with Crippen LogP contribution in [0.5, 0.6) is 0 Å². The third kappa shape index (κ3) is 3.75. The van der Waals surface area contributed by atoms with E-state index in [9.17, 15) is 4.39 Å². The number of nitrogens with one attached hydrogen (secondary N) is 1. The second-order valence-corrected chi connectivity index (χ2v) is 6.06. The van der Waals surface area contributed by atoms with E-state index in [1.165, 1.54) is 25.7 Å². The van der Waals surface area contributed by atoms with E-state index in [2.05, 4.69) is 31.1 Å². The van der Waals surface area contributed by atoms with Crippen LogP contribution in [0.1, 0.15) is 63.8 Å². The summed E-state index contributed by atoms with van der Waals surface area (Å²) in [5.74, 6) is 0.896. The van der Waals surface area contributed by atoms with Crippen LogP contribution in [-0.2, 0) is 6.54 Å². The quantitative estimate of drug-likeness (QED) is 0.869. The van der Waals surface area contributed by atoms with E-state index in [1.807, 2.05) is 6.07 Å². The summed E-state index contributed by atoms with van der Waals surface area (Å²) in [4.78, 5) is 4.55. The molecule has 0 aliphatic heterocycles. The van der Waals surface area contributed by atoms with Crippen LogP contribution in [0.2, 0.25) is 0 Å². The number of hydrogen-bond donors (Lipinski definition) is 1. The summed E-state index contributed by atoms with van der Waals surface area (Å²) in [7, 11) is 0. The highest BCUT2D eigenvalue weighted by atomic mass is 19.1. The highest BCUT2D eigenvalue weighted by Gasteiger charge is 2.19. The monoisotopic (exact) mass is 264 g/mol. The molecule has 0 saturated heterocycles. The van der Waals surface area contributed by atoms with Crippen molar-refractivity contribution in [3.63, 3.8) is 0 Å². The Bertz CT molecular complexity index is 411. The molecular weight excluding hydrogens is 239 g/mol. The van der Waals surface area contributed by atoms with Gasteiger partial charge in [-0.05, 0) is 37.8 Å². The summed E-state index contributed by atoms with van der Waals surface area (Å²) in [5, 5.41) is 3.35. The van der Waals surface area contributed by atoms with Crippen molar-refractivity contribution in [2.45, 2.75) is 65.0 Å². The van der Waals surface area contributed by atoms with Crippen LogP contribution < -0.4 is 5.32 Å². The maximum Gasteiger partial charge on any atom is 0.146 e. The van der Waals surface area contributed by atoms with Gasteiger partial charge in [0.25, 0.3) is 0 Å². The van der Waals surface area contributed by atoms with E-state index in [4.69, 9.17) is 0 Å². The lowest BCUT2D eigenvalue weighted by Crippen LogP contribution is -2.31. The molecular formula is C16H25FN2. The molecule has 19 heavy (non-hydrogen) atoms. The smallest absolute Gasteiger partial charge is 0.146 e. The minimum absolute atomic E-state index is 0.190. The van der Waals surface area contributed by atoms with Gasteiger partial charge < -0.3 is 5.32 Å². The van der Waals surface area contributed by atoms with Gasteiger partial charge in [0.15, 0.2) is 0 Å². The van der Waals surface area contributed by atoms with E-state index >= 15 is 0 Å². The second kappa shape index (κ2) is 6.47. The highest BCUT2D eigenvalue weighted by Crippen LogP contribution is 2.33. The molecule has 2 rings (SSSR count). The molecule has 1 saturated carbocycles. The van der Waals surface area contributed by atoms with E-state index in [0.29, 0.717) is 30.1 Å². The Balaban J connectivity index is 2.04. The molecule has 0 bridgehead atoms. The first-order chi connectivity index (χ1) is 9.08. The molecule has 3 heteroatoms. The molecule has 0 radical (unpaired) electrons. The number of pyridine rings is 1. The van der Waals surface area contributed by atoms with Crippen molar-refractivity contribution < 1.29 is 4.39 Å². The molecule has 0 aromatic carbocycles. The fraction of sp³-hybridized carbons (Fsp3) is 0.688. The van der Waals surface area contributed by atoms with Crippen LogP contribution in [0.15, 0.2) is 12.1 Å². The van der Waals surface area contributed by atoms with Crippen molar-refractivity contribution in [2.24, 2.45) is 5.92 Å². The molecule has 1 atom stereocenters. The Labute approximate surface area is 115 Å². The van der Waals surface area contributed by atoms with E-state index in [0.717, 1.165) is 5.69 Å². The van der Waals surface area contributed by atoms with Crippen LogP contribution in [0.25, 0.3) is 0 Å². The van der Waals surface area contributed by atoms with Crippen molar-refractivity contribution in [1.29, 1.82) is 0 Å². The van der Waals surface area contributed by atoms with Crippen molar-refractivity contribution in [3.05, 3.63) is 29.3 Å². The van der Waals surface area contributed by atoms with E-state index in [1.54, 1.807) is 6.07 Å². The Morgan fingerprint density at radius 1 is 1.26 bits per heavy atom. The van der Waals surface area contributed by atoms with Crippen LogP contribution in [0, 0.1) is 11.7 Å². The zero-order valence-electron chi connectivity index (χ0n) is 12.2. The van der Waals surface area contributed by atoms with Gasteiger partial charge in [-0.3, -0.25) is 4.98 Å². The van der Waals surface area contributed by atoms with Crippen molar-refractivity contribution >= 4 is 0 Å². The molecule has 0 spiro atoms. The van der Waals surface area contributed by atoms with Gasteiger partial charge in [-0.25, -0.2) is 4.39 Å². The molecule has 1 aliphatic carbocycles. The van der Waals surface area contributed by atoms with Crippen LogP contribution in [0.4, 0.5) is 4.39 Å². The highest BCUT2D eigenvalue weighted by molar-refractivity contribution is 5.17. The molecule has 1 fully saturated rings. The number of hydrogen-bond acceptors (Lipinski definition) is 2. The summed E-state index contributed by atoms with van der Waals surface area (Å²) in [5.41, 5.74) is 1.64.